The molecule has 0 atom stereocenters. The molecule has 0 unspecified atom stereocenters. The molecule has 0 saturated heterocycles. The summed E-state index contributed by atoms with van der Waals surface area (Å²) in [6.07, 6.45) is 5.38. The fraction of sp³-hybridized carbons (Fsp3) is 0.333. The molecule has 7 heteroatoms. The van der Waals surface area contributed by atoms with E-state index < -0.39 is 5.56 Å². The molecule has 5 nitrogen and oxygen atoms in total. The normalized spacial score (nSPS) is 15.2. The predicted molar refractivity (Wildman–Crippen MR) is 88.0 cm³/mol. The lowest BCUT2D eigenvalue weighted by atomic mass is 10.2. The van der Waals surface area contributed by atoms with E-state index in [9.17, 15) is 10.0 Å². The smallest absolute Gasteiger partial charge is 0.291 e. The average molecular weight is 339 g/mol. The van der Waals surface area contributed by atoms with Crippen LogP contribution in [0, 0.1) is 5.21 Å². The Bertz CT molecular complexity index is 725. The van der Waals surface area contributed by atoms with Crippen LogP contribution in [0.5, 0.6) is 0 Å². The fourth-order valence-corrected chi connectivity index (χ4v) is 2.94. The summed E-state index contributed by atoms with van der Waals surface area (Å²) in [5.74, 6) is 0. The summed E-state index contributed by atoms with van der Waals surface area (Å²) in [6, 6.07) is 6.78. The topological polar surface area (TPSA) is 61.2 Å². The maximum atomic E-state index is 12.3. The van der Waals surface area contributed by atoms with Crippen LogP contribution in [0.25, 0.3) is 5.69 Å². The van der Waals surface area contributed by atoms with Crippen molar-refractivity contribution in [2.75, 3.05) is 5.06 Å². The molecule has 1 aromatic carbocycles. The van der Waals surface area contributed by atoms with Crippen LogP contribution in [-0.2, 0) is 0 Å². The second-order valence-corrected chi connectivity index (χ2v) is 6.09. The molecule has 116 valence electrons. The van der Waals surface area contributed by atoms with Gasteiger partial charge in [0.1, 0.15) is 5.02 Å². The van der Waals surface area contributed by atoms with E-state index in [0.29, 0.717) is 11.4 Å². The first-order valence-corrected chi connectivity index (χ1v) is 7.83. The van der Waals surface area contributed by atoms with Crippen molar-refractivity contribution in [2.45, 2.75) is 31.7 Å². The van der Waals surface area contributed by atoms with Gasteiger partial charge in [-0.25, -0.2) is 0 Å². The Hall–Kier alpha value is -1.56. The van der Waals surface area contributed by atoms with E-state index in [1.165, 1.54) is 6.20 Å². The highest BCUT2D eigenvalue weighted by atomic mass is 35.5. The van der Waals surface area contributed by atoms with E-state index in [-0.39, 0.29) is 16.1 Å². The van der Waals surface area contributed by atoms with E-state index >= 15 is 0 Å². The number of benzene rings is 1. The Kier molecular flexibility index (Phi) is 4.38. The molecule has 1 heterocycles. The van der Waals surface area contributed by atoms with Crippen molar-refractivity contribution < 1.29 is 0 Å². The van der Waals surface area contributed by atoms with Crippen molar-refractivity contribution in [2.24, 2.45) is 0 Å². The number of halogens is 2. The first-order valence-electron chi connectivity index (χ1n) is 7.08. The van der Waals surface area contributed by atoms with E-state index in [2.05, 4.69) is 5.10 Å². The predicted octanol–water partition coefficient (Wildman–Crippen LogP) is 3.79. The van der Waals surface area contributed by atoms with Gasteiger partial charge < -0.3 is 10.3 Å². The zero-order valence-corrected chi connectivity index (χ0v) is 13.2. The van der Waals surface area contributed by atoms with Crippen LogP contribution < -0.4 is 10.6 Å². The maximum absolute atomic E-state index is 12.3. The molecule has 1 saturated carbocycles. The van der Waals surface area contributed by atoms with Crippen molar-refractivity contribution in [1.29, 1.82) is 0 Å². The Labute approximate surface area is 137 Å². The molecule has 1 fully saturated rings. The van der Waals surface area contributed by atoms with Crippen LogP contribution >= 0.6 is 23.2 Å². The molecule has 0 bridgehead atoms. The summed E-state index contributed by atoms with van der Waals surface area (Å²) < 4.78 is 1.16. The third-order valence-electron chi connectivity index (χ3n) is 3.88. The molecule has 0 radical (unpaired) electrons. The number of nitrogens with zero attached hydrogens (tertiary/aromatic N) is 3. The molecule has 0 spiro atoms. The molecule has 0 N–H and O–H groups in total. The number of rotatable bonds is 3. The van der Waals surface area contributed by atoms with E-state index in [4.69, 9.17) is 23.2 Å². The van der Waals surface area contributed by atoms with Crippen molar-refractivity contribution in [3.63, 3.8) is 0 Å². The van der Waals surface area contributed by atoms with Crippen LogP contribution in [0.2, 0.25) is 10.0 Å². The molecule has 1 aliphatic rings. The van der Waals surface area contributed by atoms with Crippen LogP contribution in [0.4, 0.5) is 5.69 Å². The van der Waals surface area contributed by atoms with Crippen LogP contribution in [0.15, 0.2) is 35.3 Å². The lowest BCUT2D eigenvalue weighted by Crippen LogP contribution is -2.27. The average Bonchev–Trinajstić information content (AvgIpc) is 3.07. The second-order valence-electron chi connectivity index (χ2n) is 5.30. The van der Waals surface area contributed by atoms with E-state index in [1.54, 1.807) is 24.3 Å². The fourth-order valence-electron chi connectivity index (χ4n) is 2.69. The minimum atomic E-state index is -0.489. The van der Waals surface area contributed by atoms with Crippen LogP contribution in [-0.4, -0.2) is 15.8 Å². The SMILES string of the molecule is O=c1c(Cl)c(Cl)cnn1-c1ccc(N([O-])C2CCCC2)cc1. The van der Waals surface area contributed by atoms with Crippen molar-refractivity contribution >= 4 is 28.9 Å². The summed E-state index contributed by atoms with van der Waals surface area (Å²) >= 11 is 11.6. The first kappa shape index (κ1) is 15.3. The molecular weight excluding hydrogens is 325 g/mol. The molecule has 3 rings (SSSR count). The van der Waals surface area contributed by atoms with E-state index in [0.717, 1.165) is 35.4 Å². The number of hydrogen-bond donors (Lipinski definition) is 0. The second kappa shape index (κ2) is 6.28. The van der Waals surface area contributed by atoms with Gasteiger partial charge in [0.2, 0.25) is 0 Å². The van der Waals surface area contributed by atoms with Crippen LogP contribution in [0.3, 0.4) is 0 Å². The van der Waals surface area contributed by atoms with Crippen molar-refractivity contribution in [3.05, 3.63) is 56.1 Å². The molecule has 2 aromatic rings. The van der Waals surface area contributed by atoms with Gasteiger partial charge in [-0.3, -0.25) is 4.79 Å². The van der Waals surface area contributed by atoms with Gasteiger partial charge in [-0.05, 0) is 37.1 Å². The minimum Gasteiger partial charge on any atom is -0.758 e. The van der Waals surface area contributed by atoms with Gasteiger partial charge in [-0.1, -0.05) is 36.0 Å². The third kappa shape index (κ3) is 2.84. The molecule has 1 aliphatic carbocycles. The lowest BCUT2D eigenvalue weighted by Gasteiger charge is -2.37. The highest BCUT2D eigenvalue weighted by Crippen LogP contribution is 2.27. The van der Waals surface area contributed by atoms with Crippen LogP contribution in [0.1, 0.15) is 25.7 Å². The minimum absolute atomic E-state index is 0.0525. The third-order valence-corrected chi connectivity index (χ3v) is 4.63. The monoisotopic (exact) mass is 338 g/mol. The number of hydrogen-bond acceptors (Lipinski definition) is 4. The summed E-state index contributed by atoms with van der Waals surface area (Å²) in [5, 5.41) is 17.3. The van der Waals surface area contributed by atoms with Gasteiger partial charge in [-0.15, -0.1) is 0 Å². The summed E-state index contributed by atoms with van der Waals surface area (Å²) in [7, 11) is 0. The summed E-state index contributed by atoms with van der Waals surface area (Å²) in [6.45, 7) is 0. The van der Waals surface area contributed by atoms with Crippen molar-refractivity contribution in [3.8, 4) is 5.69 Å². The zero-order valence-electron chi connectivity index (χ0n) is 11.7. The standard InChI is InChI=1S/C15H14Cl2N3O2/c16-13-9-18-19(15(21)14(13)17)10-5-7-12(8-6-10)20(22)11-3-1-2-4-11/h5-9,11H,1-4H2/q-1. The van der Waals surface area contributed by atoms with Gasteiger partial charge in [0.25, 0.3) is 5.56 Å². The van der Waals surface area contributed by atoms with Gasteiger partial charge >= 0.3 is 0 Å². The lowest BCUT2D eigenvalue weighted by molar-refractivity contribution is 0.674. The molecule has 1 aromatic heterocycles. The Morgan fingerprint density at radius 3 is 2.45 bits per heavy atom. The van der Waals surface area contributed by atoms with Gasteiger partial charge in [0.05, 0.1) is 16.9 Å². The molecule has 0 amide bonds. The van der Waals surface area contributed by atoms with E-state index in [1.807, 2.05) is 0 Å². The van der Waals surface area contributed by atoms with Crippen molar-refractivity contribution in [1.82, 2.24) is 9.78 Å². The van der Waals surface area contributed by atoms with Gasteiger partial charge in [0, 0.05) is 11.7 Å². The number of aromatic nitrogens is 2. The number of hydroxylamine groups is 1. The number of anilines is 1. The Balaban J connectivity index is 1.88. The molecular formula is C15H14Cl2N3O2-. The maximum Gasteiger partial charge on any atom is 0.291 e. The summed E-state index contributed by atoms with van der Waals surface area (Å²) in [5.41, 5.74) is 0.632. The first-order chi connectivity index (χ1) is 10.6. The Morgan fingerprint density at radius 1 is 1.18 bits per heavy atom. The Morgan fingerprint density at radius 2 is 1.82 bits per heavy atom. The molecule has 22 heavy (non-hydrogen) atoms. The van der Waals surface area contributed by atoms with Gasteiger partial charge in [0.15, 0.2) is 0 Å². The van der Waals surface area contributed by atoms with Gasteiger partial charge in [-0.2, -0.15) is 9.78 Å². The zero-order chi connectivity index (χ0) is 15.7. The molecule has 0 aliphatic heterocycles. The highest BCUT2D eigenvalue weighted by Gasteiger charge is 2.17. The summed E-state index contributed by atoms with van der Waals surface area (Å²) in [4.78, 5) is 12.0. The quantitative estimate of drug-likeness (QED) is 0.799. The largest absolute Gasteiger partial charge is 0.758 e. The highest BCUT2D eigenvalue weighted by molar-refractivity contribution is 6.41.